The number of anilines is 1. The Balaban J connectivity index is 1.85. The van der Waals surface area contributed by atoms with Gasteiger partial charge in [0.2, 0.25) is 4.77 Å². The monoisotopic (exact) mass is 310 g/mol. The van der Waals surface area contributed by atoms with Gasteiger partial charge in [-0.15, -0.1) is 0 Å². The third-order valence-corrected chi connectivity index (χ3v) is 4.20. The molecule has 104 valence electrons. The van der Waals surface area contributed by atoms with Crippen molar-refractivity contribution in [3.05, 3.63) is 47.3 Å². The maximum absolute atomic E-state index is 12.2. The van der Waals surface area contributed by atoms with E-state index in [1.54, 1.807) is 30.3 Å². The molecule has 0 unspecified atom stereocenters. The summed E-state index contributed by atoms with van der Waals surface area (Å²) in [7, 11) is -3.76. The van der Waals surface area contributed by atoms with Crippen molar-refractivity contribution < 1.29 is 8.42 Å². The number of hydrogen-bond donors (Lipinski definition) is 2. The predicted octanol–water partition coefficient (Wildman–Crippen LogP) is 0.639. The Bertz CT molecular complexity index is 789. The summed E-state index contributed by atoms with van der Waals surface area (Å²) in [6.07, 6.45) is 1.30. The van der Waals surface area contributed by atoms with E-state index in [4.69, 9.17) is 12.2 Å². The lowest BCUT2D eigenvalue weighted by atomic mass is 10.3. The maximum atomic E-state index is 12.2. The predicted molar refractivity (Wildman–Crippen MR) is 74.7 cm³/mol. The average molecular weight is 310 g/mol. The number of rotatable bonds is 3. The number of hydrogen-bond acceptors (Lipinski definition) is 6. The Hall–Kier alpha value is -2.04. The molecule has 1 aromatic carbocycles. The van der Waals surface area contributed by atoms with Crippen LogP contribution in [0.3, 0.4) is 0 Å². The average Bonchev–Trinajstić information content (AvgIpc) is 2.86. The number of benzene rings is 1. The Kier molecular flexibility index (Phi) is 3.12. The normalized spacial score (nSPS) is 14.6. The van der Waals surface area contributed by atoms with Crippen molar-refractivity contribution in [1.29, 1.82) is 0 Å². The molecule has 3 rings (SSSR count). The van der Waals surface area contributed by atoms with E-state index in [1.807, 2.05) is 0 Å². The molecule has 0 amide bonds. The fraction of sp³-hybridized carbons (Fsp3) is 0.100. The van der Waals surface area contributed by atoms with Crippen LogP contribution < -0.4 is 10.3 Å². The molecular weight excluding hydrogens is 300 g/mol. The second-order valence-electron chi connectivity index (χ2n) is 3.99. The molecular formula is C10H10N6O2S2. The molecule has 0 radical (unpaired) electrons. The second-order valence-corrected chi connectivity index (χ2v) is 5.95. The fourth-order valence-corrected chi connectivity index (χ4v) is 2.92. The van der Waals surface area contributed by atoms with Gasteiger partial charge in [-0.05, 0) is 24.4 Å². The number of hydrazine groups is 1. The molecule has 10 heteroatoms. The first-order chi connectivity index (χ1) is 9.56. The van der Waals surface area contributed by atoms with Gasteiger partial charge in [-0.1, -0.05) is 22.6 Å². The van der Waals surface area contributed by atoms with Crippen LogP contribution in [0, 0.1) is 4.77 Å². The minimum Gasteiger partial charge on any atom is -0.270 e. The van der Waals surface area contributed by atoms with Crippen LogP contribution in [0.25, 0.3) is 0 Å². The first-order valence-corrected chi connectivity index (χ1v) is 7.46. The van der Waals surface area contributed by atoms with Gasteiger partial charge in [-0.2, -0.15) is 8.42 Å². The molecule has 0 fully saturated rings. The van der Waals surface area contributed by atoms with Crippen LogP contribution in [-0.4, -0.2) is 27.5 Å². The highest BCUT2D eigenvalue weighted by atomic mass is 32.2. The van der Waals surface area contributed by atoms with Crippen molar-refractivity contribution in [3.63, 3.8) is 0 Å². The summed E-state index contributed by atoms with van der Waals surface area (Å²) in [4.78, 5) is 7.79. The quantitative estimate of drug-likeness (QED) is 0.808. The zero-order valence-corrected chi connectivity index (χ0v) is 11.7. The number of fused-ring (bicyclic) bond motifs is 1. The van der Waals surface area contributed by atoms with E-state index >= 15 is 0 Å². The maximum Gasteiger partial charge on any atom is 0.320 e. The Morgan fingerprint density at radius 3 is 2.70 bits per heavy atom. The molecule has 8 nitrogen and oxygen atoms in total. The fourth-order valence-electron chi connectivity index (χ4n) is 1.71. The van der Waals surface area contributed by atoms with Gasteiger partial charge in [-0.25, -0.2) is 20.2 Å². The molecule has 0 spiro atoms. The van der Waals surface area contributed by atoms with Crippen molar-refractivity contribution in [3.8, 4) is 0 Å². The second kappa shape index (κ2) is 4.81. The van der Waals surface area contributed by atoms with E-state index in [0.29, 0.717) is 11.5 Å². The Morgan fingerprint density at radius 2 is 2.00 bits per heavy atom. The van der Waals surface area contributed by atoms with Gasteiger partial charge in [0.05, 0.1) is 6.54 Å². The third kappa shape index (κ3) is 2.35. The highest BCUT2D eigenvalue weighted by Crippen LogP contribution is 2.15. The molecule has 1 aliphatic heterocycles. The molecule has 0 saturated carbocycles. The van der Waals surface area contributed by atoms with E-state index in [9.17, 15) is 8.42 Å². The lowest BCUT2D eigenvalue weighted by molar-refractivity contribution is 0.469. The van der Waals surface area contributed by atoms with Gasteiger partial charge in [0.25, 0.3) is 0 Å². The number of aromatic nitrogens is 3. The highest BCUT2D eigenvalue weighted by Gasteiger charge is 2.30. The number of nitrogens with zero attached hydrogens (tertiary/aromatic N) is 4. The minimum absolute atomic E-state index is 0.0638. The van der Waals surface area contributed by atoms with Gasteiger partial charge in [0, 0.05) is 5.69 Å². The highest BCUT2D eigenvalue weighted by molar-refractivity contribution is 7.90. The van der Waals surface area contributed by atoms with Crippen LogP contribution in [-0.2, 0) is 16.8 Å². The van der Waals surface area contributed by atoms with Gasteiger partial charge < -0.3 is 0 Å². The SMILES string of the molecule is O=S(=O)(Nc1ccccc1)N1Cc2ncnc(=S)n2N1. The van der Waals surface area contributed by atoms with Crippen LogP contribution in [0.15, 0.2) is 36.7 Å². The topological polar surface area (TPSA) is 92.2 Å². The molecule has 2 aromatic rings. The Morgan fingerprint density at radius 1 is 1.25 bits per heavy atom. The molecule has 1 aliphatic rings. The van der Waals surface area contributed by atoms with Crippen molar-refractivity contribution in [2.45, 2.75) is 6.54 Å². The van der Waals surface area contributed by atoms with E-state index in [-0.39, 0.29) is 11.3 Å². The van der Waals surface area contributed by atoms with Crippen LogP contribution >= 0.6 is 12.2 Å². The molecule has 1 aromatic heterocycles. The standard InChI is InChI=1S/C10H10N6O2S2/c17-20(18,13-8-4-2-1-3-5-8)15-6-9-11-7-12-10(19)16(9)14-15/h1-5,7,13-14H,6H2. The lowest BCUT2D eigenvalue weighted by Gasteiger charge is -2.16. The van der Waals surface area contributed by atoms with E-state index in [1.165, 1.54) is 11.0 Å². The van der Waals surface area contributed by atoms with Gasteiger partial charge in [0.1, 0.15) is 6.33 Å². The molecule has 2 heterocycles. The molecule has 0 saturated heterocycles. The van der Waals surface area contributed by atoms with Crippen LogP contribution in [0.4, 0.5) is 5.69 Å². The largest absolute Gasteiger partial charge is 0.320 e. The van der Waals surface area contributed by atoms with Crippen molar-refractivity contribution >= 4 is 28.1 Å². The zero-order valence-electron chi connectivity index (χ0n) is 10.1. The molecule has 20 heavy (non-hydrogen) atoms. The van der Waals surface area contributed by atoms with Gasteiger partial charge in [-0.3, -0.25) is 4.72 Å². The first kappa shape index (κ1) is 13.0. The smallest absolute Gasteiger partial charge is 0.270 e. The summed E-state index contributed by atoms with van der Waals surface area (Å²) < 4.78 is 29.5. The van der Waals surface area contributed by atoms with E-state index < -0.39 is 10.2 Å². The molecule has 0 aliphatic carbocycles. The summed E-state index contributed by atoms with van der Waals surface area (Å²) in [6.45, 7) is 0.0638. The number of para-hydroxylation sites is 1. The van der Waals surface area contributed by atoms with Gasteiger partial charge in [0.15, 0.2) is 5.82 Å². The summed E-state index contributed by atoms with van der Waals surface area (Å²) in [5.41, 5.74) is 3.11. The van der Waals surface area contributed by atoms with Crippen LogP contribution in [0.2, 0.25) is 0 Å². The zero-order chi connectivity index (χ0) is 14.2. The van der Waals surface area contributed by atoms with Crippen LogP contribution in [0.5, 0.6) is 0 Å². The minimum atomic E-state index is -3.76. The third-order valence-electron chi connectivity index (χ3n) is 2.63. The molecule has 2 N–H and O–H groups in total. The molecule has 0 bridgehead atoms. The summed E-state index contributed by atoms with van der Waals surface area (Å²) >= 11 is 4.99. The number of nitrogens with one attached hydrogen (secondary N) is 2. The van der Waals surface area contributed by atoms with Crippen LogP contribution in [0.1, 0.15) is 5.82 Å². The molecule has 0 atom stereocenters. The van der Waals surface area contributed by atoms with E-state index in [2.05, 4.69) is 20.2 Å². The summed E-state index contributed by atoms with van der Waals surface area (Å²) in [6, 6.07) is 8.60. The van der Waals surface area contributed by atoms with Crippen molar-refractivity contribution in [1.82, 2.24) is 19.1 Å². The summed E-state index contributed by atoms with van der Waals surface area (Å²) in [5, 5.41) is 0. The Labute approximate surface area is 120 Å². The van der Waals surface area contributed by atoms with E-state index in [0.717, 1.165) is 4.41 Å². The summed E-state index contributed by atoms with van der Waals surface area (Å²) in [5.74, 6) is 0.475. The van der Waals surface area contributed by atoms with Gasteiger partial charge >= 0.3 is 10.2 Å². The van der Waals surface area contributed by atoms with Crippen molar-refractivity contribution in [2.24, 2.45) is 0 Å². The lowest BCUT2D eigenvalue weighted by Crippen LogP contribution is -2.38. The first-order valence-electron chi connectivity index (χ1n) is 5.61. The van der Waals surface area contributed by atoms with Crippen molar-refractivity contribution in [2.75, 3.05) is 10.3 Å².